The van der Waals surface area contributed by atoms with Crippen LogP contribution in [0.2, 0.25) is 0 Å². The quantitative estimate of drug-likeness (QED) is 0.810. The zero-order valence-electron chi connectivity index (χ0n) is 13.9. The Bertz CT molecular complexity index is 447. The summed E-state index contributed by atoms with van der Waals surface area (Å²) < 4.78 is 0. The van der Waals surface area contributed by atoms with Gasteiger partial charge in [0, 0.05) is 19.5 Å². The lowest BCUT2D eigenvalue weighted by atomic mass is 9.80. The Morgan fingerprint density at radius 2 is 1.91 bits per heavy atom. The Balaban J connectivity index is 1.58. The molecule has 2 heterocycles. The lowest BCUT2D eigenvalue weighted by molar-refractivity contribution is -0.132. The van der Waals surface area contributed by atoms with Crippen LogP contribution in [0.25, 0.3) is 0 Å². The van der Waals surface area contributed by atoms with E-state index in [2.05, 4.69) is 10.2 Å². The van der Waals surface area contributed by atoms with Gasteiger partial charge in [0.25, 0.3) is 5.91 Å². The number of piperidine rings is 1. The first-order valence-corrected chi connectivity index (χ1v) is 8.83. The molecule has 3 aliphatic rings. The first kappa shape index (κ1) is 15.8. The Kier molecular flexibility index (Phi) is 4.44. The van der Waals surface area contributed by atoms with E-state index in [9.17, 15) is 9.59 Å². The molecule has 0 aromatic rings. The van der Waals surface area contributed by atoms with E-state index in [1.807, 2.05) is 6.92 Å². The largest absolute Gasteiger partial charge is 0.324 e. The van der Waals surface area contributed by atoms with E-state index in [0.29, 0.717) is 0 Å². The highest BCUT2D eigenvalue weighted by Crippen LogP contribution is 2.33. The number of likely N-dealkylation sites (N-methyl/N-ethyl adjacent to an activating group) is 1. The van der Waals surface area contributed by atoms with Gasteiger partial charge in [0.15, 0.2) is 0 Å². The summed E-state index contributed by atoms with van der Waals surface area (Å²) in [5, 5.41) is 2.93. The molecular weight excluding hydrogens is 278 g/mol. The van der Waals surface area contributed by atoms with Crippen molar-refractivity contribution in [2.75, 3.05) is 26.7 Å². The highest BCUT2D eigenvalue weighted by molar-refractivity contribution is 6.06. The average Bonchev–Trinajstić information content (AvgIpc) is 3.10. The minimum atomic E-state index is -0.710. The summed E-state index contributed by atoms with van der Waals surface area (Å²) in [5.74, 6) is 1.07. The van der Waals surface area contributed by atoms with Crippen molar-refractivity contribution < 1.29 is 9.59 Å². The summed E-state index contributed by atoms with van der Waals surface area (Å²) in [6.07, 6.45) is 9.04. The van der Waals surface area contributed by atoms with Crippen LogP contribution in [0.4, 0.5) is 4.79 Å². The third-order valence-corrected chi connectivity index (χ3v) is 6.07. The lowest BCUT2D eigenvalue weighted by Gasteiger charge is -2.40. The molecule has 0 aromatic carbocycles. The second-order valence-corrected chi connectivity index (χ2v) is 7.58. The van der Waals surface area contributed by atoms with Gasteiger partial charge < -0.3 is 10.2 Å². The first-order valence-electron chi connectivity index (χ1n) is 8.83. The van der Waals surface area contributed by atoms with E-state index in [1.54, 1.807) is 7.05 Å². The van der Waals surface area contributed by atoms with Crippen LogP contribution in [-0.2, 0) is 4.79 Å². The van der Waals surface area contributed by atoms with Crippen molar-refractivity contribution in [1.82, 2.24) is 15.1 Å². The number of carbonyl (C=O) groups is 2. The number of nitrogens with zero attached hydrogens (tertiary/aromatic N) is 2. The topological polar surface area (TPSA) is 52.7 Å². The second-order valence-electron chi connectivity index (χ2n) is 7.58. The molecule has 0 radical (unpaired) electrons. The van der Waals surface area contributed by atoms with Crippen LogP contribution in [0.5, 0.6) is 0 Å². The van der Waals surface area contributed by atoms with Crippen molar-refractivity contribution in [2.45, 2.75) is 57.4 Å². The van der Waals surface area contributed by atoms with Crippen molar-refractivity contribution in [2.24, 2.45) is 11.8 Å². The molecule has 5 heteroatoms. The van der Waals surface area contributed by atoms with Gasteiger partial charge >= 0.3 is 6.03 Å². The van der Waals surface area contributed by atoms with E-state index >= 15 is 0 Å². The molecular formula is C17H29N3O2. The molecule has 0 aromatic heterocycles. The SMILES string of the molecule is CN1C(=O)N[C@@](C)([C@H]2CCCN(CCC3CCCC3)C2)C1=O. The third-order valence-electron chi connectivity index (χ3n) is 6.07. The van der Waals surface area contributed by atoms with Crippen LogP contribution in [-0.4, -0.2) is 54.0 Å². The minimum absolute atomic E-state index is 0.0693. The van der Waals surface area contributed by atoms with Crippen LogP contribution in [0.3, 0.4) is 0 Å². The molecule has 22 heavy (non-hydrogen) atoms. The molecule has 2 saturated heterocycles. The number of imide groups is 1. The third kappa shape index (κ3) is 2.87. The van der Waals surface area contributed by atoms with Gasteiger partial charge in [-0.2, -0.15) is 0 Å². The van der Waals surface area contributed by atoms with Gasteiger partial charge in [0.1, 0.15) is 5.54 Å². The fourth-order valence-corrected chi connectivity index (χ4v) is 4.47. The normalized spacial score (nSPS) is 34.5. The van der Waals surface area contributed by atoms with Gasteiger partial charge in [0.2, 0.25) is 0 Å². The van der Waals surface area contributed by atoms with Crippen molar-refractivity contribution in [3.8, 4) is 0 Å². The second kappa shape index (κ2) is 6.19. The van der Waals surface area contributed by atoms with Crippen molar-refractivity contribution in [1.29, 1.82) is 0 Å². The average molecular weight is 307 g/mol. The van der Waals surface area contributed by atoms with Gasteiger partial charge in [-0.25, -0.2) is 4.79 Å². The molecule has 1 aliphatic carbocycles. The Morgan fingerprint density at radius 3 is 2.55 bits per heavy atom. The lowest BCUT2D eigenvalue weighted by Crippen LogP contribution is -2.55. The van der Waals surface area contributed by atoms with Crippen LogP contribution in [0.1, 0.15) is 51.9 Å². The molecule has 2 aliphatic heterocycles. The minimum Gasteiger partial charge on any atom is -0.323 e. The molecule has 3 fully saturated rings. The maximum atomic E-state index is 12.4. The number of hydrogen-bond acceptors (Lipinski definition) is 3. The summed E-state index contributed by atoms with van der Waals surface area (Å²) >= 11 is 0. The molecule has 1 N–H and O–H groups in total. The van der Waals surface area contributed by atoms with Gasteiger partial charge in [-0.15, -0.1) is 0 Å². The fraction of sp³-hybridized carbons (Fsp3) is 0.882. The van der Waals surface area contributed by atoms with E-state index in [0.717, 1.165) is 38.4 Å². The van der Waals surface area contributed by atoms with Crippen LogP contribution in [0, 0.1) is 11.8 Å². The number of nitrogens with one attached hydrogen (secondary N) is 1. The predicted octanol–water partition coefficient (Wildman–Crippen LogP) is 2.22. The summed E-state index contributed by atoms with van der Waals surface area (Å²) in [4.78, 5) is 28.0. The summed E-state index contributed by atoms with van der Waals surface area (Å²) in [5.41, 5.74) is -0.710. The molecule has 0 spiro atoms. The van der Waals surface area contributed by atoms with Crippen LogP contribution < -0.4 is 5.32 Å². The highest BCUT2D eigenvalue weighted by atomic mass is 16.2. The van der Waals surface area contributed by atoms with Gasteiger partial charge in [-0.1, -0.05) is 25.7 Å². The molecule has 1 saturated carbocycles. The summed E-state index contributed by atoms with van der Waals surface area (Å²) in [7, 11) is 1.57. The van der Waals surface area contributed by atoms with E-state index in [-0.39, 0.29) is 17.9 Å². The van der Waals surface area contributed by atoms with Crippen molar-refractivity contribution >= 4 is 11.9 Å². The Morgan fingerprint density at radius 1 is 1.18 bits per heavy atom. The summed E-state index contributed by atoms with van der Waals surface area (Å²) in [6.45, 7) is 5.12. The molecule has 2 atom stereocenters. The maximum absolute atomic E-state index is 12.4. The number of hydrogen-bond donors (Lipinski definition) is 1. The maximum Gasteiger partial charge on any atom is 0.324 e. The number of rotatable bonds is 4. The zero-order valence-corrected chi connectivity index (χ0v) is 13.9. The van der Waals surface area contributed by atoms with E-state index in [1.165, 1.54) is 37.0 Å². The first-order chi connectivity index (χ1) is 10.5. The number of urea groups is 1. The monoisotopic (exact) mass is 307 g/mol. The van der Waals surface area contributed by atoms with E-state index < -0.39 is 5.54 Å². The molecule has 3 rings (SSSR count). The molecule has 3 amide bonds. The van der Waals surface area contributed by atoms with Gasteiger partial charge in [-0.05, 0) is 45.2 Å². The number of carbonyl (C=O) groups excluding carboxylic acids is 2. The van der Waals surface area contributed by atoms with Gasteiger partial charge in [-0.3, -0.25) is 9.69 Å². The number of amides is 3. The van der Waals surface area contributed by atoms with Crippen molar-refractivity contribution in [3.63, 3.8) is 0 Å². The number of likely N-dealkylation sites (tertiary alicyclic amines) is 1. The fourth-order valence-electron chi connectivity index (χ4n) is 4.47. The van der Waals surface area contributed by atoms with Crippen LogP contribution in [0.15, 0.2) is 0 Å². The van der Waals surface area contributed by atoms with Crippen LogP contribution >= 0.6 is 0 Å². The van der Waals surface area contributed by atoms with Gasteiger partial charge in [0.05, 0.1) is 0 Å². The standard InChI is InChI=1S/C17H29N3O2/c1-17(15(21)19(2)16(22)18-17)14-8-5-10-20(12-14)11-9-13-6-3-4-7-13/h13-14H,3-12H2,1-2H3,(H,18,22)/t14-,17-/m0/s1. The molecule has 0 unspecified atom stereocenters. The smallest absolute Gasteiger partial charge is 0.323 e. The Hall–Kier alpha value is -1.10. The van der Waals surface area contributed by atoms with E-state index in [4.69, 9.17) is 0 Å². The molecule has 0 bridgehead atoms. The molecule has 124 valence electrons. The van der Waals surface area contributed by atoms with Crippen molar-refractivity contribution in [3.05, 3.63) is 0 Å². The Labute approximate surface area is 133 Å². The highest BCUT2D eigenvalue weighted by Gasteiger charge is 2.51. The molecule has 5 nitrogen and oxygen atoms in total. The predicted molar refractivity (Wildman–Crippen MR) is 85.4 cm³/mol. The summed E-state index contributed by atoms with van der Waals surface area (Å²) in [6, 6.07) is -0.254. The zero-order chi connectivity index (χ0) is 15.7.